The third-order valence-electron chi connectivity index (χ3n) is 4.65. The van der Waals surface area contributed by atoms with Crippen molar-refractivity contribution in [3.8, 4) is 0 Å². The Balaban J connectivity index is 1.46. The van der Waals surface area contributed by atoms with Gasteiger partial charge in [0.1, 0.15) is 0 Å². The molecule has 1 aromatic rings. The van der Waals surface area contributed by atoms with Gasteiger partial charge in [0.15, 0.2) is 0 Å². The van der Waals surface area contributed by atoms with Crippen molar-refractivity contribution in [1.29, 1.82) is 0 Å². The van der Waals surface area contributed by atoms with E-state index in [0.717, 1.165) is 19.0 Å². The molecule has 1 aliphatic carbocycles. The van der Waals surface area contributed by atoms with Gasteiger partial charge >= 0.3 is 0 Å². The maximum atomic E-state index is 5.96. The Hall–Kier alpha value is -0.860. The van der Waals surface area contributed by atoms with Crippen molar-refractivity contribution < 1.29 is 0 Å². The number of hydrogen-bond donors (Lipinski definition) is 1. The van der Waals surface area contributed by atoms with Gasteiger partial charge in [0.2, 0.25) is 0 Å². The molecule has 1 aromatic carbocycles. The topological polar surface area (TPSA) is 29.3 Å². The van der Waals surface area contributed by atoms with Gasteiger partial charge in [0, 0.05) is 19.1 Å². The van der Waals surface area contributed by atoms with Crippen molar-refractivity contribution in [3.63, 3.8) is 0 Å². The first-order chi connectivity index (χ1) is 8.81. The average molecular weight is 244 g/mol. The molecule has 0 spiro atoms. The second kappa shape index (κ2) is 5.41. The summed E-state index contributed by atoms with van der Waals surface area (Å²) in [5.74, 6) is 0.925. The maximum Gasteiger partial charge on any atom is 0.0240 e. The molecule has 0 saturated heterocycles. The molecule has 2 heteroatoms. The molecule has 1 heterocycles. The third-order valence-corrected chi connectivity index (χ3v) is 4.65. The fourth-order valence-corrected chi connectivity index (χ4v) is 3.40. The molecule has 2 N–H and O–H groups in total. The summed E-state index contributed by atoms with van der Waals surface area (Å²) in [6.07, 6.45) is 6.54. The number of nitrogens with zero attached hydrogens (tertiary/aromatic N) is 1. The van der Waals surface area contributed by atoms with E-state index in [-0.39, 0.29) is 0 Å². The second-order valence-corrected chi connectivity index (χ2v) is 6.05. The van der Waals surface area contributed by atoms with Gasteiger partial charge in [0.25, 0.3) is 0 Å². The molecule has 0 bridgehead atoms. The molecule has 0 radical (unpaired) electrons. The Labute approximate surface area is 110 Å². The minimum absolute atomic E-state index is 0.484. The quantitative estimate of drug-likeness (QED) is 0.886. The average Bonchev–Trinajstić information content (AvgIpc) is 2.81. The van der Waals surface area contributed by atoms with Gasteiger partial charge in [-0.2, -0.15) is 0 Å². The molecular weight excluding hydrogens is 220 g/mol. The molecule has 1 fully saturated rings. The van der Waals surface area contributed by atoms with Gasteiger partial charge in [0.05, 0.1) is 0 Å². The summed E-state index contributed by atoms with van der Waals surface area (Å²) >= 11 is 0. The minimum Gasteiger partial charge on any atom is -0.328 e. The summed E-state index contributed by atoms with van der Waals surface area (Å²) in [6.45, 7) is 3.57. The molecule has 0 amide bonds. The minimum atomic E-state index is 0.484. The first kappa shape index (κ1) is 12.2. The molecule has 2 nitrogen and oxygen atoms in total. The van der Waals surface area contributed by atoms with Gasteiger partial charge in [-0.15, -0.1) is 0 Å². The van der Waals surface area contributed by atoms with Crippen LogP contribution >= 0.6 is 0 Å². The zero-order valence-electron chi connectivity index (χ0n) is 11.1. The van der Waals surface area contributed by atoms with E-state index in [0.29, 0.717) is 6.04 Å². The lowest BCUT2D eigenvalue weighted by molar-refractivity contribution is 0.229. The van der Waals surface area contributed by atoms with Crippen LogP contribution in [-0.2, 0) is 13.1 Å². The van der Waals surface area contributed by atoms with Crippen molar-refractivity contribution in [2.45, 2.75) is 51.2 Å². The van der Waals surface area contributed by atoms with Gasteiger partial charge in [-0.05, 0) is 55.7 Å². The van der Waals surface area contributed by atoms with Crippen molar-refractivity contribution >= 4 is 0 Å². The Morgan fingerprint density at radius 2 is 1.61 bits per heavy atom. The standard InChI is InChI=1S/C16H24N2/c17-16-7-5-13(6-8-16)9-10-18-11-14-3-1-2-4-15(14)12-18/h1-4,13,16H,5-12,17H2. The largest absolute Gasteiger partial charge is 0.328 e. The van der Waals surface area contributed by atoms with Gasteiger partial charge in [-0.3, -0.25) is 4.90 Å². The summed E-state index contributed by atoms with van der Waals surface area (Å²) < 4.78 is 0. The Morgan fingerprint density at radius 3 is 2.22 bits per heavy atom. The van der Waals surface area contributed by atoms with Crippen LogP contribution in [0.5, 0.6) is 0 Å². The van der Waals surface area contributed by atoms with Crippen LogP contribution in [0.3, 0.4) is 0 Å². The zero-order valence-corrected chi connectivity index (χ0v) is 11.1. The highest BCUT2D eigenvalue weighted by Gasteiger charge is 2.22. The summed E-state index contributed by atoms with van der Waals surface area (Å²) in [6, 6.07) is 9.34. The molecule has 0 unspecified atom stereocenters. The van der Waals surface area contributed by atoms with Crippen LogP contribution in [0, 0.1) is 5.92 Å². The molecule has 18 heavy (non-hydrogen) atoms. The smallest absolute Gasteiger partial charge is 0.0240 e. The summed E-state index contributed by atoms with van der Waals surface area (Å²) in [5, 5.41) is 0. The predicted molar refractivity (Wildman–Crippen MR) is 75.1 cm³/mol. The number of benzene rings is 1. The van der Waals surface area contributed by atoms with E-state index in [1.165, 1.54) is 49.8 Å². The highest BCUT2D eigenvalue weighted by molar-refractivity contribution is 5.30. The highest BCUT2D eigenvalue weighted by atomic mass is 15.1. The molecule has 0 atom stereocenters. The zero-order chi connectivity index (χ0) is 12.4. The summed E-state index contributed by atoms with van der Waals surface area (Å²) in [5.41, 5.74) is 9.02. The Bertz CT molecular complexity index is 369. The number of nitrogens with two attached hydrogens (primary N) is 1. The first-order valence-corrected chi connectivity index (χ1v) is 7.36. The molecule has 3 rings (SSSR count). The second-order valence-electron chi connectivity index (χ2n) is 6.05. The summed E-state index contributed by atoms with van der Waals surface area (Å²) in [7, 11) is 0. The molecule has 2 aliphatic rings. The van der Waals surface area contributed by atoms with E-state index in [4.69, 9.17) is 5.73 Å². The molecular formula is C16H24N2. The van der Waals surface area contributed by atoms with E-state index in [2.05, 4.69) is 29.2 Å². The normalized spacial score (nSPS) is 28.3. The van der Waals surface area contributed by atoms with Crippen molar-refractivity contribution in [3.05, 3.63) is 35.4 Å². The number of hydrogen-bond acceptors (Lipinski definition) is 2. The van der Waals surface area contributed by atoms with E-state index in [1.54, 1.807) is 0 Å². The van der Waals surface area contributed by atoms with E-state index in [9.17, 15) is 0 Å². The molecule has 98 valence electrons. The monoisotopic (exact) mass is 244 g/mol. The Kier molecular flexibility index (Phi) is 3.67. The van der Waals surface area contributed by atoms with Crippen LogP contribution in [0.2, 0.25) is 0 Å². The fourth-order valence-electron chi connectivity index (χ4n) is 3.40. The van der Waals surface area contributed by atoms with Crippen LogP contribution in [0.15, 0.2) is 24.3 Å². The van der Waals surface area contributed by atoms with Crippen LogP contribution in [0.25, 0.3) is 0 Å². The van der Waals surface area contributed by atoms with Crippen molar-refractivity contribution in [2.75, 3.05) is 6.54 Å². The SMILES string of the molecule is NC1CCC(CCN2Cc3ccccc3C2)CC1. The van der Waals surface area contributed by atoms with Crippen molar-refractivity contribution in [1.82, 2.24) is 4.90 Å². The van der Waals surface area contributed by atoms with Crippen LogP contribution in [0.4, 0.5) is 0 Å². The molecule has 1 aliphatic heterocycles. The first-order valence-electron chi connectivity index (χ1n) is 7.36. The van der Waals surface area contributed by atoms with Gasteiger partial charge in [-0.1, -0.05) is 24.3 Å². The fraction of sp³-hybridized carbons (Fsp3) is 0.625. The Morgan fingerprint density at radius 1 is 1.00 bits per heavy atom. The lowest BCUT2D eigenvalue weighted by atomic mass is 9.84. The van der Waals surface area contributed by atoms with Crippen LogP contribution < -0.4 is 5.73 Å². The number of rotatable bonds is 3. The lowest BCUT2D eigenvalue weighted by Gasteiger charge is -2.27. The third kappa shape index (κ3) is 2.76. The van der Waals surface area contributed by atoms with E-state index >= 15 is 0 Å². The van der Waals surface area contributed by atoms with Crippen molar-refractivity contribution in [2.24, 2.45) is 11.7 Å². The maximum absolute atomic E-state index is 5.96. The van der Waals surface area contributed by atoms with Crippen LogP contribution in [0.1, 0.15) is 43.2 Å². The van der Waals surface area contributed by atoms with E-state index in [1.807, 2.05) is 0 Å². The molecule has 0 aromatic heterocycles. The van der Waals surface area contributed by atoms with Gasteiger partial charge < -0.3 is 5.73 Å². The van der Waals surface area contributed by atoms with Crippen LogP contribution in [-0.4, -0.2) is 17.5 Å². The lowest BCUT2D eigenvalue weighted by Crippen LogP contribution is -2.28. The highest BCUT2D eigenvalue weighted by Crippen LogP contribution is 2.28. The van der Waals surface area contributed by atoms with Gasteiger partial charge in [-0.25, -0.2) is 0 Å². The summed E-state index contributed by atoms with van der Waals surface area (Å²) in [4.78, 5) is 2.60. The molecule has 1 saturated carbocycles. The number of fused-ring (bicyclic) bond motifs is 1. The van der Waals surface area contributed by atoms with E-state index < -0.39 is 0 Å². The predicted octanol–water partition coefficient (Wildman–Crippen LogP) is 2.91.